The number of carbonyl (C=O) groups excluding carboxylic acids is 1. The number of hydrogen-bond donors (Lipinski definition) is 3. The highest BCUT2D eigenvalue weighted by Gasteiger charge is 2.17. The second-order valence-corrected chi connectivity index (χ2v) is 10.5. The first-order valence-corrected chi connectivity index (χ1v) is 16.5. The summed E-state index contributed by atoms with van der Waals surface area (Å²) in [5.41, 5.74) is 0. The fraction of sp³-hybridized carbons (Fsp3) is 0.553. The van der Waals surface area contributed by atoms with Crippen LogP contribution in [0.3, 0.4) is 0 Å². The molecule has 0 radical (unpaired) electrons. The molecule has 0 bridgehead atoms. The van der Waals surface area contributed by atoms with Gasteiger partial charge in [-0.1, -0.05) is 124 Å². The molecule has 0 aromatic heterocycles. The maximum absolute atomic E-state index is 12.2. The normalized spacial score (nSPS) is 14.5. The Hall–Kier alpha value is -2.69. The highest BCUT2D eigenvalue weighted by molar-refractivity contribution is 5.76. The molecule has 4 heteroatoms. The molecule has 0 rings (SSSR count). The number of carbonyl (C=O) groups is 1. The molecule has 0 aromatic rings. The van der Waals surface area contributed by atoms with Gasteiger partial charge in [0, 0.05) is 6.42 Å². The fourth-order valence-electron chi connectivity index (χ4n) is 4.01. The van der Waals surface area contributed by atoms with Crippen LogP contribution in [-0.2, 0) is 4.79 Å². The predicted octanol–water partition coefficient (Wildman–Crippen LogP) is 9.56. The summed E-state index contributed by atoms with van der Waals surface area (Å²) < 4.78 is 0. The van der Waals surface area contributed by atoms with Gasteiger partial charge in [-0.3, -0.25) is 4.79 Å². The van der Waals surface area contributed by atoms with Crippen LogP contribution in [-0.4, -0.2) is 34.9 Å². The maximum Gasteiger partial charge on any atom is 0.220 e. The van der Waals surface area contributed by atoms with Crippen molar-refractivity contribution in [1.82, 2.24) is 5.32 Å². The molecular formula is C38H61NO3. The highest BCUT2D eigenvalue weighted by Crippen LogP contribution is 2.05. The molecule has 0 saturated carbocycles. The molecule has 42 heavy (non-hydrogen) atoms. The van der Waals surface area contributed by atoms with Crippen molar-refractivity contribution >= 4 is 5.91 Å². The second-order valence-electron chi connectivity index (χ2n) is 10.5. The van der Waals surface area contributed by atoms with E-state index in [1.54, 1.807) is 6.08 Å². The largest absolute Gasteiger partial charge is 0.394 e. The second kappa shape index (κ2) is 32.8. The Labute approximate surface area is 258 Å². The zero-order chi connectivity index (χ0) is 30.8. The lowest BCUT2D eigenvalue weighted by atomic mass is 10.1. The molecule has 0 aliphatic carbocycles. The van der Waals surface area contributed by atoms with Crippen LogP contribution < -0.4 is 5.32 Å². The molecule has 0 heterocycles. The number of hydrogen-bond acceptors (Lipinski definition) is 3. The van der Waals surface area contributed by atoms with Gasteiger partial charge in [0.25, 0.3) is 0 Å². The Morgan fingerprint density at radius 3 is 1.57 bits per heavy atom. The summed E-state index contributed by atoms with van der Waals surface area (Å²) in [6.07, 6.45) is 49.1. The molecule has 1 amide bonds. The van der Waals surface area contributed by atoms with E-state index in [2.05, 4.69) is 104 Å². The molecule has 0 aliphatic rings. The summed E-state index contributed by atoms with van der Waals surface area (Å²) in [5, 5.41) is 22.7. The van der Waals surface area contributed by atoms with Gasteiger partial charge in [0.05, 0.1) is 18.8 Å². The SMILES string of the molecule is CC/C=C\C/C=C\C/C=C\C/C=C\C/C=C\CCCC(=O)NC(CO)C(O)/C=C/CC/C=C/CC/C=C/CCCCC. The van der Waals surface area contributed by atoms with Crippen LogP contribution in [0.2, 0.25) is 0 Å². The van der Waals surface area contributed by atoms with Gasteiger partial charge >= 0.3 is 0 Å². The average molecular weight is 580 g/mol. The molecule has 236 valence electrons. The molecule has 0 spiro atoms. The number of aliphatic hydroxyl groups excluding tert-OH is 2. The summed E-state index contributed by atoms with van der Waals surface area (Å²) in [6, 6.07) is -0.679. The van der Waals surface area contributed by atoms with E-state index in [4.69, 9.17) is 0 Å². The lowest BCUT2D eigenvalue weighted by Crippen LogP contribution is -2.45. The van der Waals surface area contributed by atoms with Crippen LogP contribution in [0.15, 0.2) is 97.2 Å². The summed E-state index contributed by atoms with van der Waals surface area (Å²) in [6.45, 7) is 4.08. The number of aliphatic hydroxyl groups is 2. The van der Waals surface area contributed by atoms with Crippen LogP contribution in [0.4, 0.5) is 0 Å². The Morgan fingerprint density at radius 1 is 0.595 bits per heavy atom. The fourth-order valence-corrected chi connectivity index (χ4v) is 4.01. The molecule has 0 aliphatic heterocycles. The van der Waals surface area contributed by atoms with Crippen LogP contribution in [0.1, 0.15) is 117 Å². The van der Waals surface area contributed by atoms with Crippen molar-refractivity contribution in [3.63, 3.8) is 0 Å². The first kappa shape index (κ1) is 39.3. The Morgan fingerprint density at radius 2 is 1.05 bits per heavy atom. The molecule has 2 unspecified atom stereocenters. The molecule has 0 fully saturated rings. The monoisotopic (exact) mass is 579 g/mol. The van der Waals surface area contributed by atoms with Gasteiger partial charge in [0.2, 0.25) is 5.91 Å². The summed E-state index contributed by atoms with van der Waals surface area (Å²) in [4.78, 5) is 12.2. The third-order valence-corrected chi connectivity index (χ3v) is 6.53. The van der Waals surface area contributed by atoms with E-state index in [9.17, 15) is 15.0 Å². The highest BCUT2D eigenvalue weighted by atomic mass is 16.3. The summed E-state index contributed by atoms with van der Waals surface area (Å²) in [5.74, 6) is -0.142. The van der Waals surface area contributed by atoms with Crippen molar-refractivity contribution in [2.75, 3.05) is 6.61 Å². The smallest absolute Gasteiger partial charge is 0.220 e. The van der Waals surface area contributed by atoms with Crippen LogP contribution in [0, 0.1) is 0 Å². The number of amides is 1. The van der Waals surface area contributed by atoms with Gasteiger partial charge in [-0.2, -0.15) is 0 Å². The van der Waals surface area contributed by atoms with Crippen LogP contribution in [0.25, 0.3) is 0 Å². The lowest BCUT2D eigenvalue weighted by molar-refractivity contribution is -0.122. The van der Waals surface area contributed by atoms with Crippen molar-refractivity contribution < 1.29 is 15.0 Å². The van der Waals surface area contributed by atoms with E-state index >= 15 is 0 Å². The lowest BCUT2D eigenvalue weighted by Gasteiger charge is -2.19. The number of allylic oxidation sites excluding steroid dienone is 15. The zero-order valence-electron chi connectivity index (χ0n) is 26.7. The van der Waals surface area contributed by atoms with Gasteiger partial charge in [-0.25, -0.2) is 0 Å². The van der Waals surface area contributed by atoms with E-state index in [1.807, 2.05) is 6.08 Å². The van der Waals surface area contributed by atoms with Gasteiger partial charge in [0.1, 0.15) is 0 Å². The van der Waals surface area contributed by atoms with E-state index < -0.39 is 12.1 Å². The molecule has 3 N–H and O–H groups in total. The number of nitrogens with one attached hydrogen (secondary N) is 1. The van der Waals surface area contributed by atoms with Crippen molar-refractivity contribution in [2.24, 2.45) is 0 Å². The third kappa shape index (κ3) is 28.8. The number of unbranched alkanes of at least 4 members (excludes halogenated alkanes) is 6. The molecule has 0 aromatic carbocycles. The standard InChI is InChI=1S/C38H61NO3/c1-3-5-7-9-11-13-15-17-18-19-20-22-24-26-28-30-32-34-38(42)39-36(35-40)37(41)33-31-29-27-25-23-21-16-14-12-10-8-6-4-2/h5,7,11-14,17-18,20,22-23,25-26,28,31,33,36-37,40-41H,3-4,6,8-10,15-16,19,21,24,27,29-30,32,34-35H2,1-2H3,(H,39,42)/b7-5-,13-11-,14-12+,18-17-,22-20-,25-23+,28-26-,33-31+. The number of rotatable bonds is 27. The van der Waals surface area contributed by atoms with Crippen LogP contribution in [0.5, 0.6) is 0 Å². The average Bonchev–Trinajstić information content (AvgIpc) is 2.99. The van der Waals surface area contributed by atoms with Gasteiger partial charge in [0.15, 0.2) is 0 Å². The predicted molar refractivity (Wildman–Crippen MR) is 183 cm³/mol. The van der Waals surface area contributed by atoms with Gasteiger partial charge in [-0.15, -0.1) is 0 Å². The van der Waals surface area contributed by atoms with Gasteiger partial charge < -0.3 is 15.5 Å². The maximum atomic E-state index is 12.2. The Bertz CT molecular complexity index is 844. The van der Waals surface area contributed by atoms with Crippen molar-refractivity contribution in [3.8, 4) is 0 Å². The molecule has 2 atom stereocenters. The topological polar surface area (TPSA) is 69.6 Å². The third-order valence-electron chi connectivity index (χ3n) is 6.53. The Kier molecular flexibility index (Phi) is 30.7. The molecule has 4 nitrogen and oxygen atoms in total. The van der Waals surface area contributed by atoms with E-state index in [0.717, 1.165) is 70.6 Å². The van der Waals surface area contributed by atoms with Crippen molar-refractivity contribution in [2.45, 2.75) is 129 Å². The molecule has 0 saturated heterocycles. The quantitative estimate of drug-likeness (QED) is 0.0670. The van der Waals surface area contributed by atoms with E-state index in [1.165, 1.54) is 25.7 Å². The van der Waals surface area contributed by atoms with E-state index in [-0.39, 0.29) is 12.5 Å². The minimum atomic E-state index is -0.897. The first-order chi connectivity index (χ1) is 20.7. The van der Waals surface area contributed by atoms with E-state index in [0.29, 0.717) is 6.42 Å². The molecular weight excluding hydrogens is 518 g/mol. The summed E-state index contributed by atoms with van der Waals surface area (Å²) in [7, 11) is 0. The first-order valence-electron chi connectivity index (χ1n) is 16.5. The minimum Gasteiger partial charge on any atom is -0.394 e. The Balaban J connectivity index is 3.91. The van der Waals surface area contributed by atoms with Crippen molar-refractivity contribution in [1.29, 1.82) is 0 Å². The van der Waals surface area contributed by atoms with Crippen LogP contribution >= 0.6 is 0 Å². The minimum absolute atomic E-state index is 0.142. The zero-order valence-corrected chi connectivity index (χ0v) is 26.7. The van der Waals surface area contributed by atoms with Gasteiger partial charge in [-0.05, 0) is 83.5 Å². The van der Waals surface area contributed by atoms with Crippen molar-refractivity contribution in [3.05, 3.63) is 97.2 Å². The summed E-state index contributed by atoms with van der Waals surface area (Å²) >= 11 is 0.